The minimum atomic E-state index is 1.17. The Hall–Kier alpha value is -5.14. The van der Waals surface area contributed by atoms with E-state index in [1.165, 1.54) is 83.1 Å². The van der Waals surface area contributed by atoms with Crippen molar-refractivity contribution in [1.82, 2.24) is 0 Å². The molecule has 0 aliphatic heterocycles. The highest BCUT2D eigenvalue weighted by Gasteiger charge is 2.24. The zero-order valence-electron chi connectivity index (χ0n) is 23.2. The average molecular weight is 524 g/mol. The molecule has 0 saturated heterocycles. The number of aryl methyl sites for hydroxylation is 2. The maximum atomic E-state index is 2.38. The van der Waals surface area contributed by atoms with E-state index in [0.717, 1.165) is 0 Å². The van der Waals surface area contributed by atoms with Crippen molar-refractivity contribution in [1.29, 1.82) is 0 Å². The summed E-state index contributed by atoms with van der Waals surface area (Å²) in [5, 5.41) is 5.11. The summed E-state index contributed by atoms with van der Waals surface area (Å²) in [6.07, 6.45) is 0. The van der Waals surface area contributed by atoms with Crippen molar-refractivity contribution in [2.24, 2.45) is 0 Å². The summed E-state index contributed by atoms with van der Waals surface area (Å²) in [6, 6.07) is 51.2. The second-order valence-electron chi connectivity index (χ2n) is 11.2. The smallest absolute Gasteiger partial charge is 0.0490 e. The van der Waals surface area contributed by atoms with E-state index in [4.69, 9.17) is 0 Å². The summed E-state index contributed by atoms with van der Waals surface area (Å²) in [5.74, 6) is 0. The fourth-order valence-corrected chi connectivity index (χ4v) is 6.37. The molecule has 0 spiro atoms. The van der Waals surface area contributed by atoms with Gasteiger partial charge in [-0.2, -0.15) is 0 Å². The molecule has 1 aliphatic rings. The van der Waals surface area contributed by atoms with Gasteiger partial charge < -0.3 is 4.90 Å². The lowest BCUT2D eigenvalue weighted by atomic mass is 9.77. The normalized spacial score (nSPS) is 11.7. The Bertz CT molecular complexity index is 2120. The van der Waals surface area contributed by atoms with Gasteiger partial charge in [0, 0.05) is 17.1 Å². The topological polar surface area (TPSA) is 3.24 Å². The van der Waals surface area contributed by atoms with Crippen LogP contribution in [0.4, 0.5) is 17.1 Å². The lowest BCUT2D eigenvalue weighted by molar-refractivity contribution is 1.25. The molecule has 7 aromatic rings. The third kappa shape index (κ3) is 3.93. The van der Waals surface area contributed by atoms with Gasteiger partial charge in [0.1, 0.15) is 0 Å². The van der Waals surface area contributed by atoms with Crippen molar-refractivity contribution in [2.45, 2.75) is 13.8 Å². The molecular weight excluding hydrogens is 494 g/mol. The van der Waals surface area contributed by atoms with Crippen LogP contribution >= 0.6 is 0 Å². The van der Waals surface area contributed by atoms with Crippen LogP contribution in [0.3, 0.4) is 0 Å². The number of rotatable bonds is 4. The largest absolute Gasteiger partial charge is 0.310 e. The van der Waals surface area contributed by atoms with Gasteiger partial charge in [0.2, 0.25) is 0 Å². The van der Waals surface area contributed by atoms with Gasteiger partial charge in [-0.25, -0.2) is 0 Å². The molecule has 0 atom stereocenters. The van der Waals surface area contributed by atoms with E-state index in [9.17, 15) is 0 Å². The second-order valence-corrected chi connectivity index (χ2v) is 11.2. The number of nitrogens with zero attached hydrogens (tertiary/aromatic N) is 1. The molecule has 0 N–H and O–H groups in total. The number of hydrogen-bond donors (Lipinski definition) is 0. The van der Waals surface area contributed by atoms with Gasteiger partial charge in [-0.1, -0.05) is 78.9 Å². The van der Waals surface area contributed by atoms with E-state index < -0.39 is 0 Å². The van der Waals surface area contributed by atoms with Gasteiger partial charge in [-0.3, -0.25) is 0 Å². The molecule has 1 nitrogen and oxygen atoms in total. The van der Waals surface area contributed by atoms with Crippen molar-refractivity contribution in [3.8, 4) is 33.4 Å². The molecule has 0 fully saturated rings. The van der Waals surface area contributed by atoms with Crippen molar-refractivity contribution in [3.05, 3.63) is 151 Å². The van der Waals surface area contributed by atoms with Crippen LogP contribution < -0.4 is 4.90 Å². The van der Waals surface area contributed by atoms with Crippen LogP contribution in [0, 0.1) is 13.8 Å². The number of para-hydroxylation sites is 1. The molecule has 0 bridgehead atoms. The van der Waals surface area contributed by atoms with Crippen molar-refractivity contribution >= 4 is 38.6 Å². The number of benzene rings is 7. The van der Waals surface area contributed by atoms with E-state index >= 15 is 0 Å². The summed E-state index contributed by atoms with van der Waals surface area (Å²) >= 11 is 0. The van der Waals surface area contributed by atoms with Gasteiger partial charge in [0.25, 0.3) is 0 Å². The quantitative estimate of drug-likeness (QED) is 0.222. The zero-order chi connectivity index (χ0) is 27.5. The van der Waals surface area contributed by atoms with E-state index in [2.05, 4.69) is 158 Å². The first kappa shape index (κ1) is 23.7. The lowest BCUT2D eigenvalue weighted by Crippen LogP contribution is -2.11. The highest BCUT2D eigenvalue weighted by molar-refractivity contribution is 6.12. The molecule has 0 heterocycles. The summed E-state index contributed by atoms with van der Waals surface area (Å²) in [5.41, 5.74) is 14.0. The van der Waals surface area contributed by atoms with Gasteiger partial charge >= 0.3 is 0 Å². The average Bonchev–Trinajstić information content (AvgIpc) is 3.01. The van der Waals surface area contributed by atoms with Crippen molar-refractivity contribution < 1.29 is 0 Å². The summed E-state index contributed by atoms with van der Waals surface area (Å²) in [6.45, 7) is 4.34. The van der Waals surface area contributed by atoms with Gasteiger partial charge in [-0.05, 0) is 141 Å². The van der Waals surface area contributed by atoms with E-state index in [1.54, 1.807) is 0 Å². The summed E-state index contributed by atoms with van der Waals surface area (Å²) in [7, 11) is 0. The van der Waals surface area contributed by atoms with Crippen LogP contribution in [0.2, 0.25) is 0 Å². The molecule has 0 saturated carbocycles. The Balaban J connectivity index is 1.24. The number of anilines is 3. The monoisotopic (exact) mass is 523 g/mol. The van der Waals surface area contributed by atoms with Crippen LogP contribution in [0.5, 0.6) is 0 Å². The highest BCUT2D eigenvalue weighted by atomic mass is 15.1. The highest BCUT2D eigenvalue weighted by Crippen LogP contribution is 2.51. The Labute approximate surface area is 241 Å². The van der Waals surface area contributed by atoms with Crippen molar-refractivity contribution in [3.63, 3.8) is 0 Å². The Kier molecular flexibility index (Phi) is 5.33. The number of hydrogen-bond acceptors (Lipinski definition) is 1. The first-order valence-electron chi connectivity index (χ1n) is 14.3. The third-order valence-electron chi connectivity index (χ3n) is 8.50. The SMILES string of the molecule is Cc1cccc(N(c2ccc3cc4c(cc3c2)-c2cc3cc(-c5ccccc5)ccc3cc2-4)c2ccccc2C)c1. The molecule has 0 aromatic heterocycles. The van der Waals surface area contributed by atoms with Gasteiger partial charge in [0.15, 0.2) is 0 Å². The standard InChI is InChI=1S/C40H29N/c1-26-9-8-13-34(19-26)41(40-14-7-6-10-27(40)2)35-18-17-31-23-37-36-22-30-16-15-29(28-11-4-3-5-12-28)20-32(30)24-38(36)39(37)25-33(31)21-35/h3-25H,1-2H3. The summed E-state index contributed by atoms with van der Waals surface area (Å²) in [4.78, 5) is 2.38. The molecule has 0 unspecified atom stereocenters. The van der Waals surface area contributed by atoms with Gasteiger partial charge in [-0.15, -0.1) is 0 Å². The first-order valence-corrected chi connectivity index (χ1v) is 14.3. The van der Waals surface area contributed by atoms with Crippen LogP contribution in [0.15, 0.2) is 140 Å². The Morgan fingerprint density at radius 3 is 1.71 bits per heavy atom. The molecule has 0 amide bonds. The van der Waals surface area contributed by atoms with E-state index in [1.807, 2.05) is 0 Å². The first-order chi connectivity index (χ1) is 20.1. The second kappa shape index (κ2) is 9.21. The molecule has 41 heavy (non-hydrogen) atoms. The van der Waals surface area contributed by atoms with Crippen LogP contribution in [0.25, 0.3) is 54.9 Å². The maximum Gasteiger partial charge on any atom is 0.0490 e. The predicted octanol–water partition coefficient (Wildman–Crippen LogP) is 11.4. The minimum Gasteiger partial charge on any atom is -0.310 e. The zero-order valence-corrected chi connectivity index (χ0v) is 23.2. The molecule has 8 rings (SSSR count). The minimum absolute atomic E-state index is 1.17. The number of fused-ring (bicyclic) bond motifs is 6. The summed E-state index contributed by atoms with van der Waals surface area (Å²) < 4.78 is 0. The molecular formula is C40H29N. The molecule has 194 valence electrons. The van der Waals surface area contributed by atoms with Crippen LogP contribution in [-0.4, -0.2) is 0 Å². The molecule has 1 aliphatic carbocycles. The van der Waals surface area contributed by atoms with Crippen LogP contribution in [-0.2, 0) is 0 Å². The van der Waals surface area contributed by atoms with E-state index in [0.29, 0.717) is 0 Å². The fraction of sp³-hybridized carbons (Fsp3) is 0.0500. The predicted molar refractivity (Wildman–Crippen MR) is 175 cm³/mol. The fourth-order valence-electron chi connectivity index (χ4n) is 6.37. The Morgan fingerprint density at radius 1 is 0.390 bits per heavy atom. The third-order valence-corrected chi connectivity index (χ3v) is 8.50. The van der Waals surface area contributed by atoms with Gasteiger partial charge in [0.05, 0.1) is 0 Å². The molecule has 1 heteroatoms. The maximum absolute atomic E-state index is 2.38. The van der Waals surface area contributed by atoms with E-state index in [-0.39, 0.29) is 0 Å². The molecule has 0 radical (unpaired) electrons. The molecule has 7 aromatic carbocycles. The van der Waals surface area contributed by atoms with Crippen molar-refractivity contribution in [2.75, 3.05) is 4.90 Å². The lowest BCUT2D eigenvalue weighted by Gasteiger charge is -2.29. The van der Waals surface area contributed by atoms with Crippen LogP contribution in [0.1, 0.15) is 11.1 Å². The Morgan fingerprint density at radius 2 is 1.00 bits per heavy atom.